The van der Waals surface area contributed by atoms with Gasteiger partial charge in [0.15, 0.2) is 0 Å². The van der Waals surface area contributed by atoms with E-state index in [4.69, 9.17) is 4.74 Å². The first-order valence-electron chi connectivity index (χ1n) is 7.70. The van der Waals surface area contributed by atoms with Gasteiger partial charge in [0.05, 0.1) is 41.9 Å². The lowest BCUT2D eigenvalue weighted by Crippen LogP contribution is -2.36. The van der Waals surface area contributed by atoms with E-state index in [9.17, 15) is 18.0 Å². The molecule has 1 aromatic carbocycles. The Kier molecular flexibility index (Phi) is 4.89. The molecule has 1 aromatic heterocycles. The van der Waals surface area contributed by atoms with E-state index in [0.717, 1.165) is 11.8 Å². The third-order valence-corrected chi connectivity index (χ3v) is 3.84. The topological polar surface area (TPSA) is 54.5 Å². The van der Waals surface area contributed by atoms with Crippen molar-refractivity contribution in [3.8, 4) is 0 Å². The van der Waals surface area contributed by atoms with E-state index < -0.39 is 17.6 Å². The van der Waals surface area contributed by atoms with Gasteiger partial charge in [-0.15, -0.1) is 0 Å². The molecule has 25 heavy (non-hydrogen) atoms. The van der Waals surface area contributed by atoms with Crippen LogP contribution in [0.1, 0.15) is 15.9 Å². The van der Waals surface area contributed by atoms with Gasteiger partial charge in [-0.3, -0.25) is 9.78 Å². The minimum atomic E-state index is -4.54. The Bertz CT molecular complexity index is 759. The van der Waals surface area contributed by atoms with E-state index in [0.29, 0.717) is 26.3 Å². The van der Waals surface area contributed by atoms with Crippen molar-refractivity contribution in [1.82, 2.24) is 4.98 Å². The number of hydrogen-bond acceptors (Lipinski definition) is 4. The predicted molar refractivity (Wildman–Crippen MR) is 86.7 cm³/mol. The van der Waals surface area contributed by atoms with Gasteiger partial charge in [-0.05, 0) is 18.2 Å². The van der Waals surface area contributed by atoms with Crippen LogP contribution in [0.3, 0.4) is 0 Å². The van der Waals surface area contributed by atoms with Gasteiger partial charge in [0.1, 0.15) is 0 Å². The number of carbonyl (C=O) groups is 1. The molecule has 0 radical (unpaired) electrons. The first kappa shape index (κ1) is 17.2. The summed E-state index contributed by atoms with van der Waals surface area (Å²) < 4.78 is 44.4. The molecule has 1 fully saturated rings. The number of nitrogens with zero attached hydrogens (tertiary/aromatic N) is 2. The third-order valence-electron chi connectivity index (χ3n) is 3.84. The highest BCUT2D eigenvalue weighted by Crippen LogP contribution is 2.34. The Labute approximate surface area is 142 Å². The van der Waals surface area contributed by atoms with Crippen LogP contribution in [0.4, 0.5) is 24.5 Å². The summed E-state index contributed by atoms with van der Waals surface area (Å²) in [6.45, 7) is 2.50. The van der Waals surface area contributed by atoms with Gasteiger partial charge >= 0.3 is 6.18 Å². The molecule has 0 spiro atoms. The standard InChI is InChI=1S/C17H16F3N3O2/c18-17(19,20)14-3-1-2-4-15(14)22-16(24)12-9-13(11-21-10-12)23-5-7-25-8-6-23/h1-4,9-11H,5-8H2,(H,22,24). The average Bonchev–Trinajstić information content (AvgIpc) is 2.62. The summed E-state index contributed by atoms with van der Waals surface area (Å²) in [6.07, 6.45) is -1.60. The van der Waals surface area contributed by atoms with Gasteiger partial charge in [0, 0.05) is 19.3 Å². The smallest absolute Gasteiger partial charge is 0.378 e. The molecule has 0 saturated carbocycles. The summed E-state index contributed by atoms with van der Waals surface area (Å²) in [4.78, 5) is 18.4. The molecule has 3 rings (SSSR count). The summed E-state index contributed by atoms with van der Waals surface area (Å²) in [5.74, 6) is -0.640. The zero-order valence-corrected chi connectivity index (χ0v) is 13.2. The second-order valence-electron chi connectivity index (χ2n) is 5.53. The molecular weight excluding hydrogens is 335 g/mol. The Morgan fingerprint density at radius 1 is 1.16 bits per heavy atom. The van der Waals surface area contributed by atoms with Crippen molar-refractivity contribution in [2.45, 2.75) is 6.18 Å². The van der Waals surface area contributed by atoms with E-state index in [1.807, 2.05) is 4.90 Å². The van der Waals surface area contributed by atoms with Gasteiger partial charge in [-0.25, -0.2) is 0 Å². The summed E-state index contributed by atoms with van der Waals surface area (Å²) in [5.41, 5.74) is -0.238. The molecule has 1 N–H and O–H groups in total. The van der Waals surface area contributed by atoms with Gasteiger partial charge in [-0.1, -0.05) is 12.1 Å². The van der Waals surface area contributed by atoms with Gasteiger partial charge < -0.3 is 15.0 Å². The number of ether oxygens (including phenoxy) is 1. The summed E-state index contributed by atoms with van der Waals surface area (Å²) >= 11 is 0. The second-order valence-corrected chi connectivity index (χ2v) is 5.53. The number of hydrogen-bond donors (Lipinski definition) is 1. The number of rotatable bonds is 3. The van der Waals surface area contributed by atoms with Crippen LogP contribution >= 0.6 is 0 Å². The highest BCUT2D eigenvalue weighted by Gasteiger charge is 2.33. The van der Waals surface area contributed by atoms with Crippen molar-refractivity contribution in [2.24, 2.45) is 0 Å². The van der Waals surface area contributed by atoms with E-state index in [2.05, 4.69) is 10.3 Å². The zero-order valence-electron chi connectivity index (χ0n) is 13.2. The molecule has 2 heterocycles. The number of benzene rings is 1. The Hall–Kier alpha value is -2.61. The molecule has 1 amide bonds. The molecule has 0 unspecified atom stereocenters. The van der Waals surface area contributed by atoms with Crippen molar-refractivity contribution in [3.63, 3.8) is 0 Å². The molecule has 0 aliphatic carbocycles. The lowest BCUT2D eigenvalue weighted by Gasteiger charge is -2.28. The number of anilines is 2. The number of amides is 1. The van der Waals surface area contributed by atoms with Gasteiger partial charge in [0.2, 0.25) is 0 Å². The predicted octanol–water partition coefficient (Wildman–Crippen LogP) is 3.19. The molecule has 132 valence electrons. The number of carbonyl (C=O) groups excluding carboxylic acids is 1. The number of nitrogens with one attached hydrogen (secondary N) is 1. The highest BCUT2D eigenvalue weighted by atomic mass is 19.4. The van der Waals surface area contributed by atoms with Gasteiger partial charge in [0.25, 0.3) is 5.91 Å². The normalized spacial score (nSPS) is 15.1. The Morgan fingerprint density at radius 3 is 2.60 bits per heavy atom. The molecule has 5 nitrogen and oxygen atoms in total. The summed E-state index contributed by atoms with van der Waals surface area (Å²) in [6, 6.07) is 6.48. The maximum absolute atomic E-state index is 13.0. The van der Waals surface area contributed by atoms with Crippen LogP contribution in [-0.4, -0.2) is 37.2 Å². The SMILES string of the molecule is O=C(Nc1ccccc1C(F)(F)F)c1cncc(N2CCOCC2)c1. The van der Waals surface area contributed by atoms with Gasteiger partial charge in [-0.2, -0.15) is 13.2 Å². The maximum Gasteiger partial charge on any atom is 0.418 e. The number of halogens is 3. The van der Waals surface area contributed by atoms with Crippen LogP contribution in [0, 0.1) is 0 Å². The van der Waals surface area contributed by atoms with Crippen LogP contribution in [0.5, 0.6) is 0 Å². The lowest BCUT2D eigenvalue weighted by molar-refractivity contribution is -0.136. The van der Waals surface area contributed by atoms with Crippen molar-refractivity contribution >= 4 is 17.3 Å². The maximum atomic E-state index is 13.0. The lowest BCUT2D eigenvalue weighted by atomic mass is 10.1. The zero-order chi connectivity index (χ0) is 17.9. The molecule has 1 aliphatic rings. The van der Waals surface area contributed by atoms with E-state index in [-0.39, 0.29) is 11.3 Å². The number of pyridine rings is 1. The number of aromatic nitrogens is 1. The fourth-order valence-electron chi connectivity index (χ4n) is 2.58. The van der Waals surface area contributed by atoms with Crippen molar-refractivity contribution in [1.29, 1.82) is 0 Å². The van der Waals surface area contributed by atoms with E-state index in [1.54, 1.807) is 12.3 Å². The molecule has 0 bridgehead atoms. The number of morpholine rings is 1. The van der Waals surface area contributed by atoms with E-state index >= 15 is 0 Å². The first-order valence-corrected chi connectivity index (χ1v) is 7.70. The molecule has 0 atom stereocenters. The fourth-order valence-corrected chi connectivity index (χ4v) is 2.58. The monoisotopic (exact) mass is 351 g/mol. The summed E-state index contributed by atoms with van der Waals surface area (Å²) in [5, 5.41) is 2.32. The molecule has 2 aromatic rings. The van der Waals surface area contributed by atoms with Crippen LogP contribution in [-0.2, 0) is 10.9 Å². The molecule has 8 heteroatoms. The number of alkyl halides is 3. The number of para-hydroxylation sites is 1. The minimum Gasteiger partial charge on any atom is -0.378 e. The minimum absolute atomic E-state index is 0.195. The fraction of sp³-hybridized carbons (Fsp3) is 0.294. The van der Waals surface area contributed by atoms with Crippen LogP contribution in [0.15, 0.2) is 42.7 Å². The van der Waals surface area contributed by atoms with E-state index in [1.165, 1.54) is 24.4 Å². The third kappa shape index (κ3) is 4.08. The van der Waals surface area contributed by atoms with Crippen molar-refractivity contribution in [2.75, 3.05) is 36.5 Å². The van der Waals surface area contributed by atoms with Crippen molar-refractivity contribution < 1.29 is 22.7 Å². The van der Waals surface area contributed by atoms with Crippen LogP contribution in [0.2, 0.25) is 0 Å². The molecular formula is C17H16F3N3O2. The second kappa shape index (κ2) is 7.10. The Morgan fingerprint density at radius 2 is 1.88 bits per heavy atom. The Balaban J connectivity index is 1.80. The van der Waals surface area contributed by atoms with Crippen LogP contribution in [0.25, 0.3) is 0 Å². The molecule has 1 aliphatic heterocycles. The first-order chi connectivity index (χ1) is 11.9. The largest absolute Gasteiger partial charge is 0.418 e. The quantitative estimate of drug-likeness (QED) is 0.923. The highest BCUT2D eigenvalue weighted by molar-refractivity contribution is 6.05. The average molecular weight is 351 g/mol. The van der Waals surface area contributed by atoms with Crippen molar-refractivity contribution in [3.05, 3.63) is 53.9 Å². The molecule has 1 saturated heterocycles. The van der Waals surface area contributed by atoms with Crippen LogP contribution < -0.4 is 10.2 Å². The summed E-state index contributed by atoms with van der Waals surface area (Å²) in [7, 11) is 0.